The summed E-state index contributed by atoms with van der Waals surface area (Å²) in [5, 5.41) is 18.6. The lowest BCUT2D eigenvalue weighted by atomic mass is 9.95. The van der Waals surface area contributed by atoms with Gasteiger partial charge in [-0.2, -0.15) is 0 Å². The van der Waals surface area contributed by atoms with E-state index in [0.29, 0.717) is 12.8 Å². The van der Waals surface area contributed by atoms with Gasteiger partial charge in [0.05, 0.1) is 0 Å². The maximum Gasteiger partial charge on any atom is 0.408 e. The van der Waals surface area contributed by atoms with Crippen LogP contribution in [0, 0.1) is 0 Å². The van der Waals surface area contributed by atoms with Gasteiger partial charge in [-0.1, -0.05) is 48.5 Å². The highest BCUT2D eigenvalue weighted by atomic mass is 16.6. The predicted octanol–water partition coefficient (Wildman–Crippen LogP) is 4.73. The highest BCUT2D eigenvalue weighted by Gasteiger charge is 2.36. The molecule has 0 spiro atoms. The molecule has 0 radical (unpaired) electrons. The number of nitrogens with zero attached hydrogens (tertiary/aromatic N) is 1. The number of carbonyl (C=O) groups is 5. The molecule has 262 valence electrons. The number of carbonyl (C=O) groups excluding carboxylic acids is 4. The van der Waals surface area contributed by atoms with Gasteiger partial charge < -0.3 is 36.3 Å². The maximum atomic E-state index is 13.8. The summed E-state index contributed by atoms with van der Waals surface area (Å²) in [6.45, 7) is 10.6. The zero-order chi connectivity index (χ0) is 35.6. The minimum absolute atomic E-state index is 0.0316. The van der Waals surface area contributed by atoms with Crippen LogP contribution in [-0.2, 0) is 19.1 Å². The van der Waals surface area contributed by atoms with Gasteiger partial charge in [-0.3, -0.25) is 14.5 Å². The fourth-order valence-electron chi connectivity index (χ4n) is 5.59. The summed E-state index contributed by atoms with van der Waals surface area (Å²) in [6, 6.07) is 13.6. The highest BCUT2D eigenvalue weighted by molar-refractivity contribution is 5.87. The molecule has 0 aromatic heterocycles. The molecule has 0 saturated heterocycles. The zero-order valence-electron chi connectivity index (χ0n) is 28.6. The van der Waals surface area contributed by atoms with Gasteiger partial charge in [-0.05, 0) is 83.1 Å². The Hall–Kier alpha value is -4.81. The monoisotopic (exact) mass is 667 g/mol. The number of hydrogen-bond acceptors (Lipinski definition) is 7. The average molecular weight is 668 g/mol. The molecule has 2 aromatic rings. The van der Waals surface area contributed by atoms with Gasteiger partial charge in [0.1, 0.15) is 17.2 Å². The summed E-state index contributed by atoms with van der Waals surface area (Å²) >= 11 is 0. The van der Waals surface area contributed by atoms with Gasteiger partial charge in [0.15, 0.2) is 0 Å². The largest absolute Gasteiger partial charge is 0.465 e. The third-order valence-electron chi connectivity index (χ3n) is 7.57. The van der Waals surface area contributed by atoms with E-state index in [9.17, 15) is 29.1 Å². The maximum absolute atomic E-state index is 13.8. The molecule has 0 aliphatic heterocycles. The van der Waals surface area contributed by atoms with Gasteiger partial charge in [0.2, 0.25) is 11.8 Å². The van der Waals surface area contributed by atoms with Crippen LogP contribution in [0.5, 0.6) is 0 Å². The van der Waals surface area contributed by atoms with Crippen molar-refractivity contribution in [2.45, 2.75) is 96.4 Å². The van der Waals surface area contributed by atoms with Gasteiger partial charge in [-0.25, -0.2) is 14.4 Å². The Balaban J connectivity index is 1.77. The molecule has 48 heavy (non-hydrogen) atoms. The van der Waals surface area contributed by atoms with Crippen LogP contribution in [0.15, 0.2) is 48.5 Å². The Morgan fingerprint density at radius 3 is 1.90 bits per heavy atom. The van der Waals surface area contributed by atoms with Crippen LogP contribution in [0.2, 0.25) is 0 Å². The number of nitrogens with one attached hydrogen (secondary N) is 3. The number of carboxylic acid groups (broad SMARTS) is 1. The number of fused-ring (bicyclic) bond motifs is 3. The van der Waals surface area contributed by atoms with Gasteiger partial charge in [-0.15, -0.1) is 0 Å². The van der Waals surface area contributed by atoms with E-state index in [4.69, 9.17) is 15.2 Å². The number of nitrogens with two attached hydrogens (primary N) is 1. The van der Waals surface area contributed by atoms with E-state index in [-0.39, 0.29) is 38.4 Å². The average Bonchev–Trinajstić information content (AvgIpc) is 3.28. The first-order valence-electron chi connectivity index (χ1n) is 16.2. The van der Waals surface area contributed by atoms with Crippen LogP contribution in [0.1, 0.15) is 84.3 Å². The number of ether oxygens (including phenoxy) is 2. The van der Waals surface area contributed by atoms with Crippen molar-refractivity contribution >= 4 is 30.1 Å². The van der Waals surface area contributed by atoms with E-state index in [1.54, 1.807) is 41.5 Å². The van der Waals surface area contributed by atoms with Crippen LogP contribution >= 0.6 is 0 Å². The summed E-state index contributed by atoms with van der Waals surface area (Å²) in [4.78, 5) is 64.0. The summed E-state index contributed by atoms with van der Waals surface area (Å²) < 4.78 is 10.7. The molecule has 2 aromatic carbocycles. The van der Waals surface area contributed by atoms with Crippen LogP contribution in [0.3, 0.4) is 0 Å². The first-order valence-corrected chi connectivity index (χ1v) is 16.2. The lowest BCUT2D eigenvalue weighted by Crippen LogP contribution is -2.53. The van der Waals surface area contributed by atoms with Crippen LogP contribution in [0.4, 0.5) is 14.4 Å². The highest BCUT2D eigenvalue weighted by Crippen LogP contribution is 2.45. The summed E-state index contributed by atoms with van der Waals surface area (Å²) in [7, 11) is 0. The summed E-state index contributed by atoms with van der Waals surface area (Å²) in [6.07, 6.45) is -2.19. The van der Waals surface area contributed by atoms with Crippen molar-refractivity contribution in [2.24, 2.45) is 5.73 Å². The van der Waals surface area contributed by atoms with Gasteiger partial charge in [0, 0.05) is 38.0 Å². The zero-order valence-corrected chi connectivity index (χ0v) is 28.6. The number of benzene rings is 2. The lowest BCUT2D eigenvalue weighted by Gasteiger charge is -2.32. The van der Waals surface area contributed by atoms with E-state index in [1.165, 1.54) is 0 Å². The predicted molar refractivity (Wildman–Crippen MR) is 180 cm³/mol. The molecular weight excluding hydrogens is 618 g/mol. The third kappa shape index (κ3) is 11.5. The Morgan fingerprint density at radius 1 is 0.833 bits per heavy atom. The topological polar surface area (TPSA) is 189 Å². The van der Waals surface area contributed by atoms with Crippen molar-refractivity contribution in [3.8, 4) is 11.1 Å². The molecular formula is C35H49N5O8. The number of hydrogen-bond donors (Lipinski definition) is 5. The summed E-state index contributed by atoms with van der Waals surface area (Å²) in [5.74, 6) is -1.64. The molecule has 5 amide bonds. The lowest BCUT2D eigenvalue weighted by molar-refractivity contribution is -0.126. The van der Waals surface area contributed by atoms with Crippen molar-refractivity contribution in [2.75, 3.05) is 19.6 Å². The SMILES string of the molecule is CC(C)(C)OC(=O)NCCC[C@H](CNC(=O)[C@H](CCC(N)=O)N(CC1c2ccccc2-c2ccccc21)C(=O)O)NC(=O)OC(C)(C)C. The first kappa shape index (κ1) is 37.6. The van der Waals surface area contributed by atoms with Crippen molar-refractivity contribution in [1.82, 2.24) is 20.9 Å². The normalized spacial score (nSPS) is 13.7. The molecule has 1 aliphatic carbocycles. The Bertz CT molecular complexity index is 1420. The standard InChI is InChI=1S/C35H49N5O8/c1-34(2,3)47-31(43)37-19-11-12-22(39-32(44)48-35(4,5)6)20-38-30(42)28(17-18-29(36)41)40(33(45)46)21-27-25-15-9-7-13-23(25)24-14-8-10-16-26(24)27/h7-10,13-16,22,27-28H,11-12,17-21H2,1-6H3,(H2,36,41)(H,37,43)(H,38,42)(H,39,44)(H,45,46)/t22-,28+/m1/s1. The summed E-state index contributed by atoms with van der Waals surface area (Å²) in [5.41, 5.74) is 7.88. The fraction of sp³-hybridized carbons (Fsp3) is 0.514. The second-order valence-electron chi connectivity index (χ2n) is 13.8. The Morgan fingerprint density at radius 2 is 1.38 bits per heavy atom. The second kappa shape index (κ2) is 16.3. The van der Waals surface area contributed by atoms with Gasteiger partial charge in [0.25, 0.3) is 0 Å². The fourth-order valence-corrected chi connectivity index (χ4v) is 5.59. The number of primary amides is 1. The van der Waals surface area contributed by atoms with E-state index in [2.05, 4.69) is 16.0 Å². The molecule has 0 saturated carbocycles. The Kier molecular flexibility index (Phi) is 12.8. The van der Waals surface area contributed by atoms with Gasteiger partial charge >= 0.3 is 18.3 Å². The van der Waals surface area contributed by atoms with Crippen LogP contribution in [-0.4, -0.2) is 83.0 Å². The smallest absolute Gasteiger partial charge is 0.408 e. The molecule has 1 aliphatic rings. The number of alkyl carbamates (subject to hydrolysis) is 2. The van der Waals surface area contributed by atoms with E-state index >= 15 is 0 Å². The molecule has 0 fully saturated rings. The van der Waals surface area contributed by atoms with Crippen molar-refractivity contribution in [3.63, 3.8) is 0 Å². The molecule has 0 heterocycles. The molecule has 13 heteroatoms. The minimum atomic E-state index is -1.32. The molecule has 13 nitrogen and oxygen atoms in total. The van der Waals surface area contributed by atoms with Crippen molar-refractivity contribution in [1.29, 1.82) is 0 Å². The molecule has 2 atom stereocenters. The van der Waals surface area contributed by atoms with E-state index in [0.717, 1.165) is 27.2 Å². The van der Waals surface area contributed by atoms with E-state index < -0.39 is 53.4 Å². The number of amides is 5. The molecule has 0 unspecified atom stereocenters. The third-order valence-corrected chi connectivity index (χ3v) is 7.57. The quantitative estimate of drug-likeness (QED) is 0.179. The Labute approximate surface area is 281 Å². The first-order chi connectivity index (χ1) is 22.4. The minimum Gasteiger partial charge on any atom is -0.465 e. The van der Waals surface area contributed by atoms with E-state index in [1.807, 2.05) is 48.5 Å². The van der Waals surface area contributed by atoms with Crippen LogP contribution < -0.4 is 21.7 Å². The second-order valence-corrected chi connectivity index (χ2v) is 13.8. The molecule has 6 N–H and O–H groups in total. The van der Waals surface area contributed by atoms with Crippen LogP contribution in [0.25, 0.3) is 11.1 Å². The molecule has 3 rings (SSSR count). The molecule has 0 bridgehead atoms. The van der Waals surface area contributed by atoms with Crippen molar-refractivity contribution < 1.29 is 38.6 Å². The van der Waals surface area contributed by atoms with Crippen molar-refractivity contribution in [3.05, 3.63) is 59.7 Å². The number of rotatable bonds is 14.